The van der Waals surface area contributed by atoms with Crippen LogP contribution in [-0.4, -0.2) is 19.0 Å². The third-order valence-electron chi connectivity index (χ3n) is 3.78. The molecular weight excluding hydrogens is 281 g/mol. The van der Waals surface area contributed by atoms with Gasteiger partial charge in [0, 0.05) is 22.5 Å². The molecule has 4 heteroatoms. The van der Waals surface area contributed by atoms with Crippen LogP contribution < -0.4 is 10.1 Å². The Morgan fingerprint density at radius 1 is 1.32 bits per heavy atom. The molecule has 1 aromatic carbocycles. The molecule has 1 N–H and O–H groups in total. The molecule has 2 unspecified atom stereocenters. The molecule has 0 heterocycles. The summed E-state index contributed by atoms with van der Waals surface area (Å²) in [5.41, 5.74) is 1.09. The van der Waals surface area contributed by atoms with E-state index in [-0.39, 0.29) is 0 Å². The number of alkyl halides is 1. The van der Waals surface area contributed by atoms with E-state index in [1.165, 1.54) is 19.3 Å². The summed E-state index contributed by atoms with van der Waals surface area (Å²) in [4.78, 5) is 0. The van der Waals surface area contributed by atoms with Gasteiger partial charge in [-0.3, -0.25) is 0 Å². The van der Waals surface area contributed by atoms with E-state index >= 15 is 0 Å². The van der Waals surface area contributed by atoms with Gasteiger partial charge in [-0.1, -0.05) is 24.4 Å². The van der Waals surface area contributed by atoms with Crippen LogP contribution in [0.15, 0.2) is 18.2 Å². The average molecular weight is 302 g/mol. The molecule has 2 rings (SSSR count). The molecule has 1 aromatic rings. The Labute approximate surface area is 125 Å². The second-order valence-electron chi connectivity index (χ2n) is 5.15. The van der Waals surface area contributed by atoms with Crippen LogP contribution in [0.25, 0.3) is 0 Å². The van der Waals surface area contributed by atoms with Crippen LogP contribution in [0, 0.1) is 5.92 Å². The number of ether oxygens (including phenoxy) is 1. The van der Waals surface area contributed by atoms with E-state index in [1.807, 2.05) is 18.2 Å². The van der Waals surface area contributed by atoms with Crippen LogP contribution in [0.1, 0.15) is 31.2 Å². The number of halogens is 2. The lowest BCUT2D eigenvalue weighted by Gasteiger charge is -2.27. The maximum atomic E-state index is 6.36. The molecular formula is C15H21Cl2NO. The molecule has 2 nitrogen and oxygen atoms in total. The first-order chi connectivity index (χ1) is 9.20. The monoisotopic (exact) mass is 301 g/mol. The van der Waals surface area contributed by atoms with Crippen molar-refractivity contribution in [3.05, 3.63) is 28.8 Å². The van der Waals surface area contributed by atoms with Gasteiger partial charge < -0.3 is 10.1 Å². The van der Waals surface area contributed by atoms with E-state index in [2.05, 4.69) is 5.32 Å². The van der Waals surface area contributed by atoms with Crippen molar-refractivity contribution in [2.24, 2.45) is 5.92 Å². The summed E-state index contributed by atoms with van der Waals surface area (Å²) < 4.78 is 5.34. The Balaban J connectivity index is 1.86. The fourth-order valence-corrected chi connectivity index (χ4v) is 3.23. The minimum absolute atomic E-state index is 0.322. The van der Waals surface area contributed by atoms with Gasteiger partial charge in [-0.25, -0.2) is 0 Å². The zero-order valence-corrected chi connectivity index (χ0v) is 12.8. The Morgan fingerprint density at radius 3 is 2.84 bits per heavy atom. The van der Waals surface area contributed by atoms with Gasteiger partial charge in [0.1, 0.15) is 5.75 Å². The molecule has 1 aliphatic carbocycles. The van der Waals surface area contributed by atoms with Crippen LogP contribution >= 0.6 is 23.2 Å². The predicted molar refractivity (Wildman–Crippen MR) is 81.3 cm³/mol. The molecule has 0 saturated heterocycles. The van der Waals surface area contributed by atoms with E-state index in [1.54, 1.807) is 7.11 Å². The maximum absolute atomic E-state index is 6.36. The largest absolute Gasteiger partial charge is 0.496 e. The lowest BCUT2D eigenvalue weighted by Crippen LogP contribution is -2.30. The summed E-state index contributed by atoms with van der Waals surface area (Å²) in [6.07, 6.45) is 4.95. The van der Waals surface area contributed by atoms with E-state index < -0.39 is 0 Å². The summed E-state index contributed by atoms with van der Waals surface area (Å²) in [5, 5.41) is 4.54. The number of hydrogen-bond donors (Lipinski definition) is 1. The van der Waals surface area contributed by atoms with Gasteiger partial charge in [-0.2, -0.15) is 0 Å². The van der Waals surface area contributed by atoms with Crippen molar-refractivity contribution in [1.29, 1.82) is 0 Å². The molecule has 0 spiro atoms. The van der Waals surface area contributed by atoms with E-state index in [0.717, 1.165) is 35.8 Å². The van der Waals surface area contributed by atoms with E-state index in [0.29, 0.717) is 11.3 Å². The van der Waals surface area contributed by atoms with Gasteiger partial charge in [0.15, 0.2) is 0 Å². The van der Waals surface area contributed by atoms with Crippen LogP contribution in [0.4, 0.5) is 0 Å². The quantitative estimate of drug-likeness (QED) is 0.822. The Morgan fingerprint density at radius 2 is 2.11 bits per heavy atom. The van der Waals surface area contributed by atoms with Crippen LogP contribution in [0.5, 0.6) is 5.75 Å². The summed E-state index contributed by atoms with van der Waals surface area (Å²) in [6.45, 7) is 1.73. The second-order valence-corrected chi connectivity index (χ2v) is 6.14. The molecule has 0 amide bonds. The molecule has 106 valence electrons. The number of nitrogens with one attached hydrogen (secondary N) is 1. The van der Waals surface area contributed by atoms with Gasteiger partial charge in [0.05, 0.1) is 7.11 Å². The SMILES string of the molecule is COc1ccc(Cl)cc1CNCC1CCCCC1Cl. The predicted octanol–water partition coefficient (Wildman–Crippen LogP) is 4.24. The van der Waals surface area contributed by atoms with E-state index in [4.69, 9.17) is 27.9 Å². The number of benzene rings is 1. The third kappa shape index (κ3) is 4.27. The lowest BCUT2D eigenvalue weighted by atomic mass is 9.89. The highest BCUT2D eigenvalue weighted by Crippen LogP contribution is 2.28. The van der Waals surface area contributed by atoms with Crippen LogP contribution in [0.2, 0.25) is 5.02 Å². The van der Waals surface area contributed by atoms with Crippen molar-refractivity contribution in [1.82, 2.24) is 5.32 Å². The summed E-state index contributed by atoms with van der Waals surface area (Å²) in [5.74, 6) is 1.46. The van der Waals surface area contributed by atoms with Crippen molar-refractivity contribution < 1.29 is 4.74 Å². The van der Waals surface area contributed by atoms with Gasteiger partial charge in [0.2, 0.25) is 0 Å². The normalized spacial score (nSPS) is 23.3. The zero-order valence-electron chi connectivity index (χ0n) is 11.3. The molecule has 0 radical (unpaired) electrons. The average Bonchev–Trinajstić information content (AvgIpc) is 2.41. The first-order valence-electron chi connectivity index (χ1n) is 6.88. The Bertz CT molecular complexity index is 411. The highest BCUT2D eigenvalue weighted by Gasteiger charge is 2.22. The molecule has 0 bridgehead atoms. The van der Waals surface area contributed by atoms with E-state index in [9.17, 15) is 0 Å². The summed E-state index contributed by atoms with van der Waals surface area (Å²) in [6, 6.07) is 5.70. The van der Waals surface area contributed by atoms with Crippen LogP contribution in [0.3, 0.4) is 0 Å². The highest BCUT2D eigenvalue weighted by molar-refractivity contribution is 6.30. The zero-order chi connectivity index (χ0) is 13.7. The topological polar surface area (TPSA) is 21.3 Å². The van der Waals surface area contributed by atoms with Crippen molar-refractivity contribution in [2.45, 2.75) is 37.6 Å². The molecule has 0 aliphatic heterocycles. The third-order valence-corrected chi connectivity index (χ3v) is 4.59. The molecule has 19 heavy (non-hydrogen) atoms. The fourth-order valence-electron chi connectivity index (χ4n) is 2.67. The highest BCUT2D eigenvalue weighted by atomic mass is 35.5. The minimum Gasteiger partial charge on any atom is -0.496 e. The number of hydrogen-bond acceptors (Lipinski definition) is 2. The Kier molecular flexibility index (Phi) is 5.80. The van der Waals surface area contributed by atoms with Crippen LogP contribution in [-0.2, 0) is 6.54 Å². The standard InChI is InChI=1S/C15H21Cl2NO/c1-19-15-7-6-13(16)8-12(15)10-18-9-11-4-2-3-5-14(11)17/h6-8,11,14,18H,2-5,9-10H2,1H3. The maximum Gasteiger partial charge on any atom is 0.123 e. The smallest absolute Gasteiger partial charge is 0.123 e. The summed E-state index contributed by atoms with van der Waals surface area (Å²) >= 11 is 12.4. The number of methoxy groups -OCH3 is 1. The van der Waals surface area contributed by atoms with Crippen molar-refractivity contribution in [3.63, 3.8) is 0 Å². The van der Waals surface area contributed by atoms with Crippen molar-refractivity contribution in [3.8, 4) is 5.75 Å². The first-order valence-corrected chi connectivity index (χ1v) is 7.69. The molecule has 0 aromatic heterocycles. The summed E-state index contributed by atoms with van der Waals surface area (Å²) in [7, 11) is 1.68. The first kappa shape index (κ1) is 15.0. The van der Waals surface area contributed by atoms with Gasteiger partial charge in [-0.15, -0.1) is 11.6 Å². The Hall–Kier alpha value is -0.440. The molecule has 1 saturated carbocycles. The van der Waals surface area contributed by atoms with Crippen molar-refractivity contribution >= 4 is 23.2 Å². The van der Waals surface area contributed by atoms with Gasteiger partial charge in [-0.05, 0) is 43.5 Å². The number of rotatable bonds is 5. The fraction of sp³-hybridized carbons (Fsp3) is 0.600. The molecule has 2 atom stereocenters. The lowest BCUT2D eigenvalue weighted by molar-refractivity contribution is 0.346. The van der Waals surface area contributed by atoms with Crippen molar-refractivity contribution in [2.75, 3.05) is 13.7 Å². The molecule has 1 aliphatic rings. The second kappa shape index (κ2) is 7.37. The van der Waals surface area contributed by atoms with Gasteiger partial charge in [0.25, 0.3) is 0 Å². The minimum atomic E-state index is 0.322. The molecule has 1 fully saturated rings. The van der Waals surface area contributed by atoms with Gasteiger partial charge >= 0.3 is 0 Å².